The van der Waals surface area contributed by atoms with Crippen LogP contribution >= 0.6 is 0 Å². The van der Waals surface area contributed by atoms with Gasteiger partial charge in [-0.2, -0.15) is 13.2 Å². The van der Waals surface area contributed by atoms with Crippen molar-refractivity contribution in [3.63, 3.8) is 0 Å². The summed E-state index contributed by atoms with van der Waals surface area (Å²) in [6.45, 7) is 4.18. The lowest BCUT2D eigenvalue weighted by Gasteiger charge is -2.18. The maximum absolute atomic E-state index is 12.7. The van der Waals surface area contributed by atoms with E-state index in [4.69, 9.17) is 0 Å². The summed E-state index contributed by atoms with van der Waals surface area (Å²) in [5.41, 5.74) is 0.303. The van der Waals surface area contributed by atoms with Crippen molar-refractivity contribution < 1.29 is 13.2 Å². The summed E-state index contributed by atoms with van der Waals surface area (Å²) in [6, 6.07) is 5.81. The van der Waals surface area contributed by atoms with E-state index in [1.807, 2.05) is 6.07 Å². The van der Waals surface area contributed by atoms with Gasteiger partial charge in [0.25, 0.3) is 0 Å². The molecule has 18 heavy (non-hydrogen) atoms. The number of alkyl halides is 3. The predicted octanol–water partition coefficient (Wildman–Crippen LogP) is 5.78. The van der Waals surface area contributed by atoms with Crippen molar-refractivity contribution in [3.8, 4) is 0 Å². The molecule has 1 unspecified atom stereocenters. The van der Waals surface area contributed by atoms with E-state index in [2.05, 4.69) is 13.8 Å². The van der Waals surface area contributed by atoms with Crippen LogP contribution in [-0.4, -0.2) is 0 Å². The third-order valence-corrected chi connectivity index (χ3v) is 3.23. The predicted molar refractivity (Wildman–Crippen MR) is 68.6 cm³/mol. The molecule has 0 aliphatic carbocycles. The molecular weight excluding hydrogens is 237 g/mol. The van der Waals surface area contributed by atoms with Crippen LogP contribution in [-0.2, 0) is 6.18 Å². The topological polar surface area (TPSA) is 0 Å². The molecule has 0 aliphatic heterocycles. The molecule has 1 rings (SSSR count). The van der Waals surface area contributed by atoms with E-state index in [1.54, 1.807) is 0 Å². The number of rotatable bonds is 6. The molecule has 1 aromatic carbocycles. The third kappa shape index (κ3) is 4.35. The summed E-state index contributed by atoms with van der Waals surface area (Å²) in [6.07, 6.45) is 0.856. The van der Waals surface area contributed by atoms with Crippen molar-refractivity contribution in [2.45, 2.75) is 58.0 Å². The van der Waals surface area contributed by atoms with Crippen LogP contribution in [0.25, 0.3) is 0 Å². The minimum Gasteiger partial charge on any atom is -0.166 e. The molecule has 1 aromatic rings. The highest BCUT2D eigenvalue weighted by atomic mass is 19.4. The molecule has 3 heteroatoms. The second kappa shape index (κ2) is 6.81. The van der Waals surface area contributed by atoms with Crippen LogP contribution in [0.4, 0.5) is 13.2 Å². The number of benzene rings is 1. The smallest absolute Gasteiger partial charge is 0.166 e. The summed E-state index contributed by atoms with van der Waals surface area (Å²) >= 11 is 0. The standard InChI is InChI=1S/C15H21F3/c1-3-5-8-12(7-4-2)13-9-6-10-14(11-13)15(16,17)18/h6,9-12H,3-5,7-8H2,1-2H3. The molecule has 0 aliphatic rings. The number of unbranched alkanes of at least 4 members (excludes halogenated alkanes) is 1. The maximum atomic E-state index is 12.7. The van der Waals surface area contributed by atoms with E-state index in [1.165, 1.54) is 12.1 Å². The van der Waals surface area contributed by atoms with Crippen LogP contribution < -0.4 is 0 Å². The lowest BCUT2D eigenvalue weighted by Crippen LogP contribution is -2.07. The van der Waals surface area contributed by atoms with Gasteiger partial charge in [-0.25, -0.2) is 0 Å². The Morgan fingerprint density at radius 2 is 1.78 bits per heavy atom. The van der Waals surface area contributed by atoms with Gasteiger partial charge in [0.05, 0.1) is 5.56 Å². The largest absolute Gasteiger partial charge is 0.416 e. The van der Waals surface area contributed by atoms with E-state index >= 15 is 0 Å². The van der Waals surface area contributed by atoms with Crippen LogP contribution in [0.1, 0.15) is 63.0 Å². The summed E-state index contributed by atoms with van der Waals surface area (Å²) < 4.78 is 38.0. The highest BCUT2D eigenvalue weighted by Crippen LogP contribution is 2.33. The molecule has 0 heterocycles. The summed E-state index contributed by atoms with van der Waals surface area (Å²) in [4.78, 5) is 0. The first-order valence-electron chi connectivity index (χ1n) is 6.66. The highest BCUT2D eigenvalue weighted by Gasteiger charge is 2.30. The zero-order chi connectivity index (χ0) is 13.6. The normalized spacial score (nSPS) is 13.6. The van der Waals surface area contributed by atoms with Gasteiger partial charge < -0.3 is 0 Å². The van der Waals surface area contributed by atoms with Gasteiger partial charge >= 0.3 is 6.18 Å². The number of hydrogen-bond acceptors (Lipinski definition) is 0. The average molecular weight is 258 g/mol. The molecule has 0 N–H and O–H groups in total. The first kappa shape index (κ1) is 15.1. The molecule has 0 spiro atoms. The first-order chi connectivity index (χ1) is 8.49. The van der Waals surface area contributed by atoms with E-state index in [0.29, 0.717) is 0 Å². The molecule has 0 nitrogen and oxygen atoms in total. The Bertz CT molecular complexity index is 355. The molecule has 0 saturated heterocycles. The van der Waals surface area contributed by atoms with E-state index in [9.17, 15) is 13.2 Å². The molecule has 1 atom stereocenters. The van der Waals surface area contributed by atoms with Crippen molar-refractivity contribution >= 4 is 0 Å². The van der Waals surface area contributed by atoms with Gasteiger partial charge in [-0.15, -0.1) is 0 Å². The molecule has 0 amide bonds. The SMILES string of the molecule is CCCCC(CCC)c1cccc(C(F)(F)F)c1. The van der Waals surface area contributed by atoms with Crippen LogP contribution in [0.5, 0.6) is 0 Å². The summed E-state index contributed by atoms with van der Waals surface area (Å²) in [5, 5.41) is 0. The van der Waals surface area contributed by atoms with Gasteiger partial charge in [0, 0.05) is 0 Å². The van der Waals surface area contributed by atoms with Crippen molar-refractivity contribution in [2.24, 2.45) is 0 Å². The second-order valence-electron chi connectivity index (χ2n) is 4.75. The third-order valence-electron chi connectivity index (χ3n) is 3.23. The monoisotopic (exact) mass is 258 g/mol. The van der Waals surface area contributed by atoms with Gasteiger partial charge in [-0.1, -0.05) is 51.3 Å². The lowest BCUT2D eigenvalue weighted by atomic mass is 9.89. The number of halogens is 3. The Morgan fingerprint density at radius 1 is 1.06 bits per heavy atom. The van der Waals surface area contributed by atoms with Gasteiger partial charge in [-0.05, 0) is 30.4 Å². The highest BCUT2D eigenvalue weighted by molar-refractivity contribution is 5.28. The van der Waals surface area contributed by atoms with Crippen LogP contribution in [0.3, 0.4) is 0 Å². The van der Waals surface area contributed by atoms with E-state index in [0.717, 1.165) is 43.7 Å². The Balaban J connectivity index is 2.90. The molecule has 0 radical (unpaired) electrons. The van der Waals surface area contributed by atoms with Crippen LogP contribution in [0.2, 0.25) is 0 Å². The fourth-order valence-corrected chi connectivity index (χ4v) is 2.25. The minimum atomic E-state index is -4.24. The summed E-state index contributed by atoms with van der Waals surface area (Å²) in [5.74, 6) is 0.261. The zero-order valence-electron chi connectivity index (χ0n) is 11.1. The Morgan fingerprint density at radius 3 is 2.33 bits per heavy atom. The van der Waals surface area contributed by atoms with E-state index < -0.39 is 11.7 Å². The Hall–Kier alpha value is -0.990. The van der Waals surface area contributed by atoms with Crippen molar-refractivity contribution in [1.29, 1.82) is 0 Å². The quantitative estimate of drug-likeness (QED) is 0.606. The maximum Gasteiger partial charge on any atom is 0.416 e. The lowest BCUT2D eigenvalue weighted by molar-refractivity contribution is -0.137. The fraction of sp³-hybridized carbons (Fsp3) is 0.600. The van der Waals surface area contributed by atoms with E-state index in [-0.39, 0.29) is 5.92 Å². The fourth-order valence-electron chi connectivity index (χ4n) is 2.25. The molecule has 102 valence electrons. The van der Waals surface area contributed by atoms with Gasteiger partial charge in [0.15, 0.2) is 0 Å². The van der Waals surface area contributed by atoms with Crippen LogP contribution in [0, 0.1) is 0 Å². The molecule has 0 aromatic heterocycles. The van der Waals surface area contributed by atoms with Gasteiger partial charge in [-0.3, -0.25) is 0 Å². The minimum absolute atomic E-state index is 0.261. The molecule has 0 saturated carbocycles. The van der Waals surface area contributed by atoms with Crippen molar-refractivity contribution in [2.75, 3.05) is 0 Å². The zero-order valence-corrected chi connectivity index (χ0v) is 11.1. The average Bonchev–Trinajstić information content (AvgIpc) is 2.33. The number of hydrogen-bond donors (Lipinski definition) is 0. The van der Waals surface area contributed by atoms with Crippen molar-refractivity contribution in [1.82, 2.24) is 0 Å². The molecular formula is C15H21F3. The Kier molecular flexibility index (Phi) is 5.70. The first-order valence-corrected chi connectivity index (χ1v) is 6.66. The Labute approximate surface area is 107 Å². The molecule has 0 bridgehead atoms. The molecule has 0 fully saturated rings. The van der Waals surface area contributed by atoms with Crippen LogP contribution in [0.15, 0.2) is 24.3 Å². The van der Waals surface area contributed by atoms with Gasteiger partial charge in [0.2, 0.25) is 0 Å². The van der Waals surface area contributed by atoms with Gasteiger partial charge in [0.1, 0.15) is 0 Å². The van der Waals surface area contributed by atoms with Crippen molar-refractivity contribution in [3.05, 3.63) is 35.4 Å². The second-order valence-corrected chi connectivity index (χ2v) is 4.75. The summed E-state index contributed by atoms with van der Waals surface area (Å²) in [7, 11) is 0.